The number of likely N-dealkylation sites (N-methyl/N-ethyl adjacent to an activating group) is 1. The summed E-state index contributed by atoms with van der Waals surface area (Å²) in [4.78, 5) is 24.8. The van der Waals surface area contributed by atoms with Gasteiger partial charge in [0.2, 0.25) is 5.91 Å². The predicted octanol–water partition coefficient (Wildman–Crippen LogP) is 1.06. The number of rotatable bonds is 6. The highest BCUT2D eigenvalue weighted by Gasteiger charge is 2.14. The molecule has 17 heavy (non-hydrogen) atoms. The highest BCUT2D eigenvalue weighted by atomic mass is 32.1. The summed E-state index contributed by atoms with van der Waals surface area (Å²) in [6, 6.07) is 1.66. The Labute approximate surface area is 104 Å². The Morgan fingerprint density at radius 1 is 1.53 bits per heavy atom. The van der Waals surface area contributed by atoms with Crippen LogP contribution in [0.4, 0.5) is 0 Å². The van der Waals surface area contributed by atoms with Gasteiger partial charge < -0.3 is 10.8 Å². The van der Waals surface area contributed by atoms with Crippen LogP contribution < -0.4 is 5.73 Å². The average Bonchev–Trinajstić information content (AvgIpc) is 2.59. The molecule has 1 rings (SSSR count). The van der Waals surface area contributed by atoms with Gasteiger partial charge in [-0.3, -0.25) is 9.69 Å². The third kappa shape index (κ3) is 3.83. The van der Waals surface area contributed by atoms with Gasteiger partial charge in [0.1, 0.15) is 4.88 Å². The van der Waals surface area contributed by atoms with Crippen LogP contribution in [0.25, 0.3) is 0 Å². The van der Waals surface area contributed by atoms with Crippen molar-refractivity contribution in [2.75, 3.05) is 13.1 Å². The van der Waals surface area contributed by atoms with Gasteiger partial charge in [-0.2, -0.15) is 0 Å². The zero-order valence-corrected chi connectivity index (χ0v) is 10.7. The van der Waals surface area contributed by atoms with Gasteiger partial charge in [0, 0.05) is 11.4 Å². The Morgan fingerprint density at radius 3 is 2.59 bits per heavy atom. The summed E-state index contributed by atoms with van der Waals surface area (Å²) in [7, 11) is 0. The number of nitrogens with zero attached hydrogens (tertiary/aromatic N) is 1. The first-order valence-electron chi connectivity index (χ1n) is 5.27. The van der Waals surface area contributed by atoms with E-state index in [-0.39, 0.29) is 12.5 Å². The molecule has 0 aliphatic heterocycles. The molecule has 0 saturated carbocycles. The zero-order chi connectivity index (χ0) is 13.0. The molecule has 1 heterocycles. The van der Waals surface area contributed by atoms with Crippen molar-refractivity contribution in [1.29, 1.82) is 0 Å². The molecule has 1 amide bonds. The van der Waals surface area contributed by atoms with Gasteiger partial charge in [-0.25, -0.2) is 4.79 Å². The van der Waals surface area contributed by atoms with Crippen molar-refractivity contribution in [1.82, 2.24) is 4.90 Å². The molecule has 0 aromatic carbocycles. The van der Waals surface area contributed by atoms with Gasteiger partial charge >= 0.3 is 5.97 Å². The van der Waals surface area contributed by atoms with E-state index in [4.69, 9.17) is 10.8 Å². The van der Waals surface area contributed by atoms with Crippen LogP contribution in [0, 0.1) is 6.92 Å². The Morgan fingerprint density at radius 2 is 2.18 bits per heavy atom. The van der Waals surface area contributed by atoms with Crippen molar-refractivity contribution in [3.63, 3.8) is 0 Å². The van der Waals surface area contributed by atoms with E-state index in [0.717, 1.165) is 10.4 Å². The molecule has 1 aromatic rings. The minimum absolute atomic E-state index is 0.189. The maximum Gasteiger partial charge on any atom is 0.345 e. The van der Waals surface area contributed by atoms with Crippen molar-refractivity contribution < 1.29 is 14.7 Å². The van der Waals surface area contributed by atoms with Crippen LogP contribution in [0.2, 0.25) is 0 Å². The van der Waals surface area contributed by atoms with E-state index in [1.807, 2.05) is 18.7 Å². The Bertz CT molecular complexity index is 428. The summed E-state index contributed by atoms with van der Waals surface area (Å²) in [6.45, 7) is 5.25. The van der Waals surface area contributed by atoms with Gasteiger partial charge in [0.15, 0.2) is 0 Å². The van der Waals surface area contributed by atoms with Gasteiger partial charge in [-0.15, -0.1) is 11.3 Å². The molecule has 1 aromatic heterocycles. The van der Waals surface area contributed by atoms with Gasteiger partial charge in [-0.1, -0.05) is 6.92 Å². The van der Waals surface area contributed by atoms with Crippen LogP contribution in [0.3, 0.4) is 0 Å². The fourth-order valence-electron chi connectivity index (χ4n) is 1.52. The number of carbonyl (C=O) groups is 2. The zero-order valence-electron chi connectivity index (χ0n) is 9.90. The number of carboxylic acids is 1. The summed E-state index contributed by atoms with van der Waals surface area (Å²) in [5.41, 5.74) is 6.08. The third-order valence-electron chi connectivity index (χ3n) is 2.45. The first-order chi connectivity index (χ1) is 7.93. The lowest BCUT2D eigenvalue weighted by Gasteiger charge is -2.18. The van der Waals surface area contributed by atoms with Crippen LogP contribution in [-0.4, -0.2) is 35.0 Å². The molecule has 0 unspecified atom stereocenters. The van der Waals surface area contributed by atoms with E-state index in [9.17, 15) is 9.59 Å². The van der Waals surface area contributed by atoms with Crippen LogP contribution in [-0.2, 0) is 11.3 Å². The number of amides is 1. The average molecular weight is 256 g/mol. The molecule has 0 radical (unpaired) electrons. The number of aryl methyl sites for hydroxylation is 1. The van der Waals surface area contributed by atoms with E-state index < -0.39 is 5.97 Å². The number of hydrogen-bond donors (Lipinski definition) is 2. The lowest BCUT2D eigenvalue weighted by Crippen LogP contribution is -2.33. The molecule has 6 heteroatoms. The van der Waals surface area contributed by atoms with Crippen LogP contribution >= 0.6 is 11.3 Å². The monoisotopic (exact) mass is 256 g/mol. The van der Waals surface area contributed by atoms with Crippen molar-refractivity contribution in [2.24, 2.45) is 5.73 Å². The van der Waals surface area contributed by atoms with Gasteiger partial charge in [-0.05, 0) is 25.1 Å². The molecular formula is C11H16N2O3S. The fraction of sp³-hybridized carbons (Fsp3) is 0.455. The standard InChI is InChI=1S/C11H16N2O3S/c1-3-13(6-10(12)14)5-8-4-9(11(15)16)17-7(8)2/h4H,3,5-6H2,1-2H3,(H2,12,14)(H,15,16). The summed E-state index contributed by atoms with van der Waals surface area (Å²) in [5, 5.41) is 8.88. The number of hydrogen-bond acceptors (Lipinski definition) is 4. The second-order valence-corrected chi connectivity index (χ2v) is 5.02. The van der Waals surface area contributed by atoms with E-state index in [0.29, 0.717) is 18.0 Å². The lowest BCUT2D eigenvalue weighted by molar-refractivity contribution is -0.119. The molecule has 94 valence electrons. The number of primary amides is 1. The Balaban J connectivity index is 2.79. The number of carbonyl (C=O) groups excluding carboxylic acids is 1. The Hall–Kier alpha value is -1.40. The van der Waals surface area contributed by atoms with Crippen LogP contribution in [0.15, 0.2) is 6.07 Å². The molecule has 0 aliphatic rings. The SMILES string of the molecule is CCN(CC(N)=O)Cc1cc(C(=O)O)sc1C. The molecule has 0 aliphatic carbocycles. The molecule has 0 saturated heterocycles. The molecule has 0 bridgehead atoms. The largest absolute Gasteiger partial charge is 0.477 e. The van der Waals surface area contributed by atoms with Gasteiger partial charge in [0.05, 0.1) is 6.54 Å². The second kappa shape index (κ2) is 5.79. The van der Waals surface area contributed by atoms with Crippen LogP contribution in [0.1, 0.15) is 27.0 Å². The summed E-state index contributed by atoms with van der Waals surface area (Å²) in [6.07, 6.45) is 0. The normalized spacial score (nSPS) is 10.8. The summed E-state index contributed by atoms with van der Waals surface area (Å²) >= 11 is 1.25. The first kappa shape index (κ1) is 13.7. The van der Waals surface area contributed by atoms with Crippen LogP contribution in [0.5, 0.6) is 0 Å². The van der Waals surface area contributed by atoms with E-state index in [1.165, 1.54) is 11.3 Å². The maximum atomic E-state index is 10.8. The molecule has 5 nitrogen and oxygen atoms in total. The maximum absolute atomic E-state index is 10.8. The third-order valence-corrected chi connectivity index (χ3v) is 3.53. The molecule has 3 N–H and O–H groups in total. The number of thiophene rings is 1. The molecule has 0 atom stereocenters. The molecule has 0 spiro atoms. The van der Waals surface area contributed by atoms with Gasteiger partial charge in [0.25, 0.3) is 0 Å². The van der Waals surface area contributed by atoms with E-state index in [2.05, 4.69) is 0 Å². The quantitative estimate of drug-likeness (QED) is 0.797. The van der Waals surface area contributed by atoms with E-state index >= 15 is 0 Å². The lowest BCUT2D eigenvalue weighted by atomic mass is 10.2. The fourth-order valence-corrected chi connectivity index (χ4v) is 2.40. The number of carboxylic acid groups (broad SMARTS) is 1. The van der Waals surface area contributed by atoms with Crippen molar-refractivity contribution >= 4 is 23.2 Å². The topological polar surface area (TPSA) is 83.6 Å². The number of aromatic carboxylic acids is 1. The van der Waals surface area contributed by atoms with Crippen molar-refractivity contribution in [3.8, 4) is 0 Å². The Kier molecular flexibility index (Phi) is 4.65. The first-order valence-corrected chi connectivity index (χ1v) is 6.09. The summed E-state index contributed by atoms with van der Waals surface area (Å²) in [5.74, 6) is -1.29. The highest BCUT2D eigenvalue weighted by Crippen LogP contribution is 2.22. The minimum Gasteiger partial charge on any atom is -0.477 e. The second-order valence-electron chi connectivity index (χ2n) is 3.77. The van der Waals surface area contributed by atoms with E-state index in [1.54, 1.807) is 6.07 Å². The number of nitrogens with two attached hydrogens (primary N) is 1. The van der Waals surface area contributed by atoms with Crippen molar-refractivity contribution in [2.45, 2.75) is 20.4 Å². The smallest absolute Gasteiger partial charge is 0.345 e. The minimum atomic E-state index is -0.915. The highest BCUT2D eigenvalue weighted by molar-refractivity contribution is 7.14. The molecular weight excluding hydrogens is 240 g/mol. The molecule has 0 fully saturated rings. The van der Waals surface area contributed by atoms with Crippen molar-refractivity contribution in [3.05, 3.63) is 21.4 Å². The predicted molar refractivity (Wildman–Crippen MR) is 66.2 cm³/mol. The summed E-state index contributed by atoms with van der Waals surface area (Å²) < 4.78 is 0.